The van der Waals surface area contributed by atoms with Crippen molar-refractivity contribution in [2.75, 3.05) is 11.9 Å². The van der Waals surface area contributed by atoms with Gasteiger partial charge in [-0.05, 0) is 24.3 Å². The Hall–Kier alpha value is -3.98. The van der Waals surface area contributed by atoms with Crippen molar-refractivity contribution in [2.24, 2.45) is 0 Å². The Morgan fingerprint density at radius 1 is 1.03 bits per heavy atom. The molecule has 1 saturated heterocycles. The summed E-state index contributed by atoms with van der Waals surface area (Å²) < 4.78 is 30.9. The van der Waals surface area contributed by atoms with E-state index in [9.17, 15) is 18.8 Å². The third-order valence-corrected chi connectivity index (χ3v) is 6.60. The molecule has 2 amide bonds. The van der Waals surface area contributed by atoms with Gasteiger partial charge in [-0.1, -0.05) is 54.1 Å². The fraction of sp³-hybridized carbons (Fsp3) is 0.192. The minimum atomic E-state index is -1.43. The molecule has 3 aromatic carbocycles. The monoisotopic (exact) mass is 510 g/mol. The molecule has 2 N–H and O–H groups in total. The number of likely N-dealkylation sites (tertiary alicyclic amines) is 1. The highest BCUT2D eigenvalue weighted by Crippen LogP contribution is 2.33. The number of H-pyrrole nitrogens is 1. The predicted molar refractivity (Wildman–Crippen MR) is 133 cm³/mol. The van der Waals surface area contributed by atoms with E-state index in [1.54, 1.807) is 54.6 Å². The summed E-state index contributed by atoms with van der Waals surface area (Å²) in [6, 6.07) is 16.9. The van der Waals surface area contributed by atoms with Crippen molar-refractivity contribution in [3.63, 3.8) is 0 Å². The molecule has 0 saturated carbocycles. The number of aromatic amines is 1. The predicted octanol–water partition coefficient (Wildman–Crippen LogP) is 4.37. The maximum absolute atomic E-state index is 15.3. The Bertz CT molecular complexity index is 1530. The van der Waals surface area contributed by atoms with Gasteiger partial charge in [0.25, 0.3) is 0 Å². The van der Waals surface area contributed by atoms with Crippen LogP contribution in [0.1, 0.15) is 6.42 Å². The Balaban J connectivity index is 1.37. The molecule has 36 heavy (non-hydrogen) atoms. The van der Waals surface area contributed by atoms with Crippen LogP contribution < -0.4 is 11.0 Å². The van der Waals surface area contributed by atoms with Crippen LogP contribution in [0.2, 0.25) is 5.02 Å². The topological polar surface area (TPSA) is 87.2 Å². The maximum Gasteiger partial charge on any atom is 0.326 e. The summed E-state index contributed by atoms with van der Waals surface area (Å²) >= 11 is 6.20. The van der Waals surface area contributed by atoms with Crippen LogP contribution in [0.3, 0.4) is 0 Å². The lowest BCUT2D eigenvalue weighted by Crippen LogP contribution is -2.45. The molecule has 1 aliphatic rings. The number of imidazole rings is 1. The van der Waals surface area contributed by atoms with Gasteiger partial charge < -0.3 is 15.2 Å². The number of rotatable bonds is 5. The molecule has 0 radical (unpaired) electrons. The van der Waals surface area contributed by atoms with Gasteiger partial charge in [-0.15, -0.1) is 0 Å². The third kappa shape index (κ3) is 4.37. The molecule has 10 heteroatoms. The van der Waals surface area contributed by atoms with Gasteiger partial charge in [-0.2, -0.15) is 0 Å². The zero-order chi connectivity index (χ0) is 25.4. The Morgan fingerprint density at radius 2 is 1.75 bits per heavy atom. The molecule has 4 aromatic rings. The smallest absolute Gasteiger partial charge is 0.326 e. The molecule has 0 aliphatic carbocycles. The number of benzene rings is 3. The van der Waals surface area contributed by atoms with Crippen LogP contribution in [-0.2, 0) is 16.1 Å². The minimum Gasteiger partial charge on any atom is -0.326 e. The summed E-state index contributed by atoms with van der Waals surface area (Å²) in [6.07, 6.45) is -1.66. The van der Waals surface area contributed by atoms with Gasteiger partial charge in [0, 0.05) is 22.6 Å². The molecule has 2 atom stereocenters. The molecule has 5 rings (SSSR count). The average molecular weight is 511 g/mol. The number of carbonyl (C=O) groups is 2. The van der Waals surface area contributed by atoms with Crippen molar-refractivity contribution < 1.29 is 18.4 Å². The van der Waals surface area contributed by atoms with Gasteiger partial charge in [0.2, 0.25) is 11.8 Å². The zero-order valence-corrected chi connectivity index (χ0v) is 19.6. The van der Waals surface area contributed by atoms with E-state index in [1.165, 1.54) is 16.7 Å². The van der Waals surface area contributed by atoms with Crippen LogP contribution in [0, 0.1) is 5.82 Å². The second kappa shape index (κ2) is 9.58. The van der Waals surface area contributed by atoms with Gasteiger partial charge in [0.1, 0.15) is 18.8 Å². The number of nitrogens with one attached hydrogen (secondary N) is 2. The van der Waals surface area contributed by atoms with E-state index in [0.717, 1.165) is 4.90 Å². The van der Waals surface area contributed by atoms with E-state index in [0.29, 0.717) is 21.6 Å². The number of nitrogens with zero attached hydrogens (tertiary/aromatic N) is 2. The number of fused-ring (bicyclic) bond motifs is 1. The largest absolute Gasteiger partial charge is 0.326 e. The lowest BCUT2D eigenvalue weighted by Gasteiger charge is -2.24. The van der Waals surface area contributed by atoms with Gasteiger partial charge in [-0.3, -0.25) is 14.2 Å². The van der Waals surface area contributed by atoms with E-state index in [2.05, 4.69) is 10.3 Å². The van der Waals surface area contributed by atoms with Crippen LogP contribution in [0.25, 0.3) is 22.2 Å². The molecular weight excluding hydrogens is 490 g/mol. The highest BCUT2D eigenvalue weighted by Gasteiger charge is 2.40. The number of amides is 2. The molecule has 1 fully saturated rings. The van der Waals surface area contributed by atoms with E-state index in [1.807, 2.05) is 0 Å². The average Bonchev–Trinajstić information content (AvgIpc) is 3.40. The van der Waals surface area contributed by atoms with Crippen LogP contribution in [0.15, 0.2) is 71.5 Å². The first kappa shape index (κ1) is 23.7. The molecule has 0 unspecified atom stereocenters. The van der Waals surface area contributed by atoms with Crippen molar-refractivity contribution in [1.82, 2.24) is 14.5 Å². The van der Waals surface area contributed by atoms with Crippen LogP contribution in [0.4, 0.5) is 14.5 Å². The Kier molecular flexibility index (Phi) is 6.32. The lowest BCUT2D eigenvalue weighted by molar-refractivity contribution is -0.137. The molecule has 1 aromatic heterocycles. The number of hydrogen-bond donors (Lipinski definition) is 2. The van der Waals surface area contributed by atoms with E-state index < -0.39 is 35.5 Å². The molecule has 184 valence electrons. The molecular formula is C26H21ClF2N4O3. The zero-order valence-electron chi connectivity index (χ0n) is 18.9. The quantitative estimate of drug-likeness (QED) is 0.418. The van der Waals surface area contributed by atoms with Crippen molar-refractivity contribution in [3.05, 3.63) is 88.1 Å². The number of hydrogen-bond acceptors (Lipinski definition) is 3. The van der Waals surface area contributed by atoms with Gasteiger partial charge >= 0.3 is 5.69 Å². The minimum absolute atomic E-state index is 0.111. The van der Waals surface area contributed by atoms with Crippen molar-refractivity contribution in [1.29, 1.82) is 0 Å². The van der Waals surface area contributed by atoms with Crippen LogP contribution >= 0.6 is 11.6 Å². The fourth-order valence-electron chi connectivity index (χ4n) is 4.53. The van der Waals surface area contributed by atoms with Crippen molar-refractivity contribution in [2.45, 2.75) is 25.2 Å². The highest BCUT2D eigenvalue weighted by atomic mass is 35.5. The molecule has 0 spiro atoms. The summed E-state index contributed by atoms with van der Waals surface area (Å²) in [5.41, 5.74) is 1.13. The summed E-state index contributed by atoms with van der Waals surface area (Å²) in [4.78, 5) is 42.3. The highest BCUT2D eigenvalue weighted by molar-refractivity contribution is 6.33. The van der Waals surface area contributed by atoms with Gasteiger partial charge in [0.05, 0.1) is 23.3 Å². The number of alkyl halides is 1. The summed E-state index contributed by atoms with van der Waals surface area (Å²) in [7, 11) is 0. The number of anilines is 1. The van der Waals surface area contributed by atoms with E-state index in [-0.39, 0.29) is 30.8 Å². The lowest BCUT2D eigenvalue weighted by atomic mass is 10.0. The summed E-state index contributed by atoms with van der Waals surface area (Å²) in [5.74, 6) is -2.01. The number of halogens is 3. The second-order valence-electron chi connectivity index (χ2n) is 8.56. The molecule has 0 bridgehead atoms. The maximum atomic E-state index is 15.3. The first-order valence-electron chi connectivity index (χ1n) is 11.3. The van der Waals surface area contributed by atoms with Gasteiger partial charge in [0.15, 0.2) is 5.82 Å². The molecule has 7 nitrogen and oxygen atoms in total. The van der Waals surface area contributed by atoms with E-state index in [4.69, 9.17) is 11.6 Å². The Morgan fingerprint density at radius 3 is 2.56 bits per heavy atom. The first-order chi connectivity index (χ1) is 17.3. The number of para-hydroxylation sites is 2. The Labute approximate surface area is 209 Å². The van der Waals surface area contributed by atoms with Crippen molar-refractivity contribution in [3.8, 4) is 11.1 Å². The second-order valence-corrected chi connectivity index (χ2v) is 8.97. The normalized spacial score (nSPS) is 17.5. The van der Waals surface area contributed by atoms with Gasteiger partial charge in [-0.25, -0.2) is 13.6 Å². The number of aromatic nitrogens is 2. The van der Waals surface area contributed by atoms with Crippen LogP contribution in [-0.4, -0.2) is 45.0 Å². The molecule has 2 heterocycles. The first-order valence-corrected chi connectivity index (χ1v) is 11.7. The molecule has 1 aliphatic heterocycles. The van der Waals surface area contributed by atoms with Crippen molar-refractivity contribution >= 4 is 40.1 Å². The SMILES string of the molecule is O=C(Nc1cccc(-c2ccccc2Cl)c1F)[C@@H]1C[C@@H](F)CN1C(=O)Cn1c(=O)[nH]c2ccccc21. The summed E-state index contributed by atoms with van der Waals surface area (Å²) in [6.45, 7) is -0.661. The summed E-state index contributed by atoms with van der Waals surface area (Å²) in [5, 5.41) is 2.84. The van der Waals surface area contributed by atoms with E-state index >= 15 is 4.39 Å². The standard InChI is InChI=1S/C26H21ClF2N4O3/c27-18-8-2-1-6-16(18)17-7-5-10-20(24(17)29)30-25(35)22-12-15(28)13-32(22)23(34)14-33-21-11-4-3-9-19(21)31-26(33)36/h1-11,15,22H,12-14H2,(H,30,35)(H,31,36)/t15-,22+/m1/s1. The fourth-order valence-corrected chi connectivity index (χ4v) is 4.77. The number of carbonyl (C=O) groups excluding carboxylic acids is 2. The van der Waals surface area contributed by atoms with Crippen LogP contribution in [0.5, 0.6) is 0 Å². The third-order valence-electron chi connectivity index (χ3n) is 6.27.